The molecule has 1 aromatic rings. The zero-order valence-corrected chi connectivity index (χ0v) is 10.1. The van der Waals surface area contributed by atoms with Gasteiger partial charge < -0.3 is 16.2 Å². The standard InChI is InChI=1S/C12H15FN2O3/c1-6(2)10(12(17)18)15-11(16)8-5-7(13)3-4-9(8)14/h3-6,10H,14H2,1-2H3,(H,15,16)(H,17,18)/t10-/m1/s1. The Morgan fingerprint density at radius 2 is 2.00 bits per heavy atom. The van der Waals surface area contributed by atoms with Crippen molar-refractivity contribution in [2.45, 2.75) is 19.9 Å². The largest absolute Gasteiger partial charge is 0.480 e. The van der Waals surface area contributed by atoms with Crippen molar-refractivity contribution in [3.63, 3.8) is 0 Å². The Hall–Kier alpha value is -2.11. The molecule has 6 heteroatoms. The molecule has 0 aliphatic heterocycles. The molecule has 1 amide bonds. The summed E-state index contributed by atoms with van der Waals surface area (Å²) in [7, 11) is 0. The van der Waals surface area contributed by atoms with Crippen molar-refractivity contribution in [1.82, 2.24) is 5.32 Å². The summed E-state index contributed by atoms with van der Waals surface area (Å²) in [5, 5.41) is 11.3. The molecular weight excluding hydrogens is 239 g/mol. The maximum absolute atomic E-state index is 13.0. The molecule has 5 nitrogen and oxygen atoms in total. The van der Waals surface area contributed by atoms with E-state index in [-0.39, 0.29) is 17.2 Å². The Balaban J connectivity index is 2.94. The fraction of sp³-hybridized carbons (Fsp3) is 0.333. The van der Waals surface area contributed by atoms with Gasteiger partial charge in [0, 0.05) is 5.69 Å². The molecule has 0 aliphatic rings. The lowest BCUT2D eigenvalue weighted by Gasteiger charge is -2.18. The van der Waals surface area contributed by atoms with E-state index in [2.05, 4.69) is 5.32 Å². The van der Waals surface area contributed by atoms with Crippen LogP contribution in [0.15, 0.2) is 18.2 Å². The van der Waals surface area contributed by atoms with E-state index in [1.165, 1.54) is 6.07 Å². The quantitative estimate of drug-likeness (QED) is 0.705. The SMILES string of the molecule is CC(C)[C@@H](NC(=O)c1cc(F)ccc1N)C(=O)O. The first kappa shape index (κ1) is 14.0. The normalized spacial score (nSPS) is 12.2. The number of carboxylic acids is 1. The lowest BCUT2D eigenvalue weighted by molar-refractivity contribution is -0.140. The molecule has 0 saturated heterocycles. The first-order chi connectivity index (χ1) is 8.32. The molecule has 0 aromatic heterocycles. The van der Waals surface area contributed by atoms with Gasteiger partial charge in [0.2, 0.25) is 0 Å². The van der Waals surface area contributed by atoms with Gasteiger partial charge in [0.15, 0.2) is 0 Å². The summed E-state index contributed by atoms with van der Waals surface area (Å²) in [5.74, 6) is -2.74. The summed E-state index contributed by atoms with van der Waals surface area (Å²) in [4.78, 5) is 22.8. The number of carbonyl (C=O) groups excluding carboxylic acids is 1. The average molecular weight is 254 g/mol. The Labute approximate surface area is 104 Å². The second-order valence-electron chi connectivity index (χ2n) is 4.26. The third-order valence-corrected chi connectivity index (χ3v) is 2.48. The predicted octanol–water partition coefficient (Wildman–Crippen LogP) is 1.25. The topological polar surface area (TPSA) is 92.4 Å². The van der Waals surface area contributed by atoms with Gasteiger partial charge in [-0.25, -0.2) is 9.18 Å². The zero-order valence-electron chi connectivity index (χ0n) is 10.1. The van der Waals surface area contributed by atoms with Gasteiger partial charge in [-0.2, -0.15) is 0 Å². The minimum Gasteiger partial charge on any atom is -0.480 e. The second kappa shape index (κ2) is 5.48. The lowest BCUT2D eigenvalue weighted by Crippen LogP contribution is -2.44. The van der Waals surface area contributed by atoms with Gasteiger partial charge in [-0.3, -0.25) is 4.79 Å². The molecular formula is C12H15FN2O3. The van der Waals surface area contributed by atoms with Gasteiger partial charge >= 0.3 is 5.97 Å². The van der Waals surface area contributed by atoms with Crippen LogP contribution in [0.5, 0.6) is 0 Å². The molecule has 0 saturated carbocycles. The number of halogens is 1. The number of rotatable bonds is 4. The highest BCUT2D eigenvalue weighted by Gasteiger charge is 2.24. The minimum atomic E-state index is -1.15. The summed E-state index contributed by atoms with van der Waals surface area (Å²) in [5.41, 5.74) is 5.57. The van der Waals surface area contributed by atoms with E-state index >= 15 is 0 Å². The van der Waals surface area contributed by atoms with Gasteiger partial charge in [-0.05, 0) is 24.1 Å². The van der Waals surface area contributed by atoms with E-state index in [0.717, 1.165) is 12.1 Å². The first-order valence-corrected chi connectivity index (χ1v) is 5.41. The predicted molar refractivity (Wildman–Crippen MR) is 64.5 cm³/mol. The highest BCUT2D eigenvalue weighted by Crippen LogP contribution is 2.14. The van der Waals surface area contributed by atoms with Crippen LogP contribution in [0.3, 0.4) is 0 Å². The number of amides is 1. The Morgan fingerprint density at radius 1 is 1.39 bits per heavy atom. The summed E-state index contributed by atoms with van der Waals surface area (Å²) in [6.07, 6.45) is 0. The molecule has 4 N–H and O–H groups in total. The summed E-state index contributed by atoms with van der Waals surface area (Å²) < 4.78 is 13.0. The fourth-order valence-electron chi connectivity index (χ4n) is 1.46. The van der Waals surface area contributed by atoms with E-state index in [4.69, 9.17) is 10.8 Å². The molecule has 0 bridgehead atoms. The van der Waals surface area contributed by atoms with Crippen LogP contribution in [0.4, 0.5) is 10.1 Å². The number of nitrogens with two attached hydrogens (primary N) is 1. The molecule has 18 heavy (non-hydrogen) atoms. The van der Waals surface area contributed by atoms with Gasteiger partial charge in [-0.15, -0.1) is 0 Å². The van der Waals surface area contributed by atoms with Crippen molar-refractivity contribution in [3.8, 4) is 0 Å². The molecule has 0 heterocycles. The monoisotopic (exact) mass is 254 g/mol. The number of hydrogen-bond donors (Lipinski definition) is 3. The highest BCUT2D eigenvalue weighted by molar-refractivity contribution is 6.00. The van der Waals surface area contributed by atoms with E-state index < -0.39 is 23.7 Å². The van der Waals surface area contributed by atoms with Crippen LogP contribution >= 0.6 is 0 Å². The van der Waals surface area contributed by atoms with Crippen molar-refractivity contribution >= 4 is 17.6 Å². The van der Waals surface area contributed by atoms with Crippen LogP contribution < -0.4 is 11.1 Å². The Bertz CT molecular complexity index is 474. The summed E-state index contributed by atoms with van der Waals surface area (Å²) in [6, 6.07) is 2.32. The fourth-order valence-corrected chi connectivity index (χ4v) is 1.46. The van der Waals surface area contributed by atoms with Crippen LogP contribution in [0.2, 0.25) is 0 Å². The summed E-state index contributed by atoms with van der Waals surface area (Å²) >= 11 is 0. The average Bonchev–Trinajstić information content (AvgIpc) is 2.28. The number of nitrogens with one attached hydrogen (secondary N) is 1. The highest BCUT2D eigenvalue weighted by atomic mass is 19.1. The molecule has 98 valence electrons. The molecule has 1 atom stereocenters. The van der Waals surface area contributed by atoms with E-state index in [1.807, 2.05) is 0 Å². The molecule has 0 spiro atoms. The van der Waals surface area contributed by atoms with Crippen LogP contribution in [0.25, 0.3) is 0 Å². The molecule has 0 unspecified atom stereocenters. The van der Waals surface area contributed by atoms with Gasteiger partial charge in [0.1, 0.15) is 11.9 Å². The maximum atomic E-state index is 13.0. The van der Waals surface area contributed by atoms with Crippen molar-refractivity contribution in [2.24, 2.45) is 5.92 Å². The Kier molecular flexibility index (Phi) is 4.25. The van der Waals surface area contributed by atoms with Crippen molar-refractivity contribution in [2.75, 3.05) is 5.73 Å². The number of aliphatic carboxylic acids is 1. The van der Waals surface area contributed by atoms with Crippen LogP contribution in [-0.4, -0.2) is 23.0 Å². The Morgan fingerprint density at radius 3 is 2.50 bits per heavy atom. The van der Waals surface area contributed by atoms with E-state index in [9.17, 15) is 14.0 Å². The van der Waals surface area contributed by atoms with Crippen LogP contribution in [0, 0.1) is 11.7 Å². The molecule has 0 fully saturated rings. The third-order valence-electron chi connectivity index (χ3n) is 2.48. The van der Waals surface area contributed by atoms with Crippen LogP contribution in [-0.2, 0) is 4.79 Å². The molecule has 0 radical (unpaired) electrons. The minimum absolute atomic E-state index is 0.0677. The van der Waals surface area contributed by atoms with Crippen LogP contribution in [0.1, 0.15) is 24.2 Å². The number of carbonyl (C=O) groups is 2. The van der Waals surface area contributed by atoms with E-state index in [0.29, 0.717) is 0 Å². The van der Waals surface area contributed by atoms with Gasteiger partial charge in [0.05, 0.1) is 5.56 Å². The van der Waals surface area contributed by atoms with E-state index in [1.54, 1.807) is 13.8 Å². The number of nitrogen functional groups attached to an aromatic ring is 1. The summed E-state index contributed by atoms with van der Waals surface area (Å²) in [6.45, 7) is 3.32. The third kappa shape index (κ3) is 3.19. The van der Waals surface area contributed by atoms with Crippen molar-refractivity contribution in [3.05, 3.63) is 29.6 Å². The number of anilines is 1. The smallest absolute Gasteiger partial charge is 0.326 e. The number of carboxylic acid groups (broad SMARTS) is 1. The molecule has 0 aliphatic carbocycles. The van der Waals surface area contributed by atoms with Gasteiger partial charge in [0.25, 0.3) is 5.91 Å². The number of benzene rings is 1. The van der Waals surface area contributed by atoms with Crippen molar-refractivity contribution in [1.29, 1.82) is 0 Å². The van der Waals surface area contributed by atoms with Crippen molar-refractivity contribution < 1.29 is 19.1 Å². The van der Waals surface area contributed by atoms with Gasteiger partial charge in [-0.1, -0.05) is 13.8 Å². The molecule has 1 aromatic carbocycles. The number of hydrogen-bond acceptors (Lipinski definition) is 3. The maximum Gasteiger partial charge on any atom is 0.326 e. The molecule has 1 rings (SSSR count). The second-order valence-corrected chi connectivity index (χ2v) is 4.26. The zero-order chi connectivity index (χ0) is 13.9. The first-order valence-electron chi connectivity index (χ1n) is 5.41. The lowest BCUT2D eigenvalue weighted by atomic mass is 10.0.